The summed E-state index contributed by atoms with van der Waals surface area (Å²) in [5.41, 5.74) is -0.0793. The summed E-state index contributed by atoms with van der Waals surface area (Å²) in [4.78, 5) is 6.91. The van der Waals surface area contributed by atoms with Crippen LogP contribution in [-0.2, 0) is 17.7 Å². The highest BCUT2D eigenvalue weighted by Crippen LogP contribution is 2.42. The first-order valence-electron chi connectivity index (χ1n) is 9.28. The summed E-state index contributed by atoms with van der Waals surface area (Å²) in [5.74, 6) is 1.82. The highest BCUT2D eigenvalue weighted by Gasteiger charge is 2.46. The highest BCUT2D eigenvalue weighted by molar-refractivity contribution is 4.98. The topological polar surface area (TPSA) is 74.3 Å². The number of ether oxygens (including phenoxy) is 1. The van der Waals surface area contributed by atoms with Gasteiger partial charge in [-0.1, -0.05) is 27.7 Å². The monoisotopic (exact) mass is 336 g/mol. The zero-order chi connectivity index (χ0) is 17.4. The van der Waals surface area contributed by atoms with E-state index in [2.05, 4.69) is 47.8 Å². The van der Waals surface area contributed by atoms with Crippen LogP contribution in [0.5, 0.6) is 0 Å². The van der Waals surface area contributed by atoms with E-state index in [-0.39, 0.29) is 23.2 Å². The van der Waals surface area contributed by atoms with E-state index in [0.717, 1.165) is 63.4 Å². The van der Waals surface area contributed by atoms with Crippen LogP contribution in [0.25, 0.3) is 0 Å². The Morgan fingerprint density at radius 1 is 1.33 bits per heavy atom. The van der Waals surface area contributed by atoms with Crippen molar-refractivity contribution in [2.75, 3.05) is 13.1 Å². The number of rotatable bonds is 3. The van der Waals surface area contributed by atoms with E-state index >= 15 is 0 Å². The fraction of sp³-hybridized carbons (Fsp3) is 0.889. The van der Waals surface area contributed by atoms with Crippen LogP contribution in [0.4, 0.5) is 0 Å². The van der Waals surface area contributed by atoms with Crippen molar-refractivity contribution in [2.45, 2.75) is 84.2 Å². The number of H-pyrrole nitrogens is 1. The van der Waals surface area contributed by atoms with Crippen LogP contribution in [0.1, 0.15) is 65.0 Å². The van der Waals surface area contributed by atoms with Crippen LogP contribution in [0.15, 0.2) is 0 Å². The van der Waals surface area contributed by atoms with Crippen LogP contribution in [-0.4, -0.2) is 56.1 Å². The molecule has 0 aromatic carbocycles. The second kappa shape index (κ2) is 6.73. The molecule has 1 spiro atoms. The molecule has 2 atom stereocenters. The zero-order valence-electron chi connectivity index (χ0n) is 15.5. The van der Waals surface area contributed by atoms with Gasteiger partial charge >= 0.3 is 0 Å². The van der Waals surface area contributed by atoms with E-state index in [1.54, 1.807) is 0 Å². The fourth-order valence-corrected chi connectivity index (χ4v) is 3.90. The van der Waals surface area contributed by atoms with Crippen LogP contribution >= 0.6 is 0 Å². The summed E-state index contributed by atoms with van der Waals surface area (Å²) in [6, 6.07) is 0. The first-order chi connectivity index (χ1) is 11.3. The van der Waals surface area contributed by atoms with Crippen molar-refractivity contribution in [1.29, 1.82) is 0 Å². The normalized spacial score (nSPS) is 28.4. The van der Waals surface area contributed by atoms with Crippen molar-refractivity contribution >= 4 is 0 Å². The summed E-state index contributed by atoms with van der Waals surface area (Å²) in [6.45, 7) is 11.4. The van der Waals surface area contributed by atoms with Crippen molar-refractivity contribution in [3.05, 3.63) is 11.6 Å². The molecule has 3 rings (SSSR count). The van der Waals surface area contributed by atoms with E-state index in [0.29, 0.717) is 0 Å². The van der Waals surface area contributed by atoms with Gasteiger partial charge in [0.15, 0.2) is 0 Å². The molecule has 136 valence electrons. The molecule has 0 amide bonds. The van der Waals surface area contributed by atoms with Gasteiger partial charge in [-0.05, 0) is 18.3 Å². The molecule has 0 saturated carbocycles. The lowest BCUT2D eigenvalue weighted by molar-refractivity contribution is -0.208. The number of aliphatic hydroxyl groups excluding tert-OH is 1. The van der Waals surface area contributed by atoms with E-state index in [1.165, 1.54) is 0 Å². The van der Waals surface area contributed by atoms with Crippen molar-refractivity contribution in [1.82, 2.24) is 20.1 Å². The second-order valence-corrected chi connectivity index (χ2v) is 8.58. The molecule has 6 heteroatoms. The Balaban J connectivity index is 1.59. The Labute approximate surface area is 145 Å². The maximum absolute atomic E-state index is 10.4. The summed E-state index contributed by atoms with van der Waals surface area (Å²) in [5, 5.41) is 17.6. The van der Waals surface area contributed by atoms with Crippen molar-refractivity contribution in [3.8, 4) is 0 Å². The van der Waals surface area contributed by atoms with Gasteiger partial charge in [-0.15, -0.1) is 0 Å². The van der Waals surface area contributed by atoms with Crippen LogP contribution < -0.4 is 0 Å². The molecule has 2 fully saturated rings. The fourth-order valence-electron chi connectivity index (χ4n) is 3.90. The molecule has 6 nitrogen and oxygen atoms in total. The third kappa shape index (κ3) is 3.98. The molecule has 0 radical (unpaired) electrons. The molecule has 3 heterocycles. The number of piperidine rings is 1. The predicted octanol–water partition coefficient (Wildman–Crippen LogP) is 2.29. The minimum Gasteiger partial charge on any atom is -0.393 e. The molecule has 1 aromatic rings. The average Bonchev–Trinajstić information content (AvgIpc) is 2.96. The maximum atomic E-state index is 10.4. The lowest BCUT2D eigenvalue weighted by Gasteiger charge is -2.50. The average molecular weight is 336 g/mol. The van der Waals surface area contributed by atoms with Gasteiger partial charge in [-0.2, -0.15) is 5.10 Å². The molecular weight excluding hydrogens is 304 g/mol. The third-order valence-electron chi connectivity index (χ3n) is 5.49. The molecule has 0 unspecified atom stereocenters. The smallest absolute Gasteiger partial charge is 0.150 e. The SMILES string of the molecule is CCc1n[nH]c(CN2CCC3(CC2)C[C@H](O)C[C@H](C(C)(C)C)O3)n1. The molecule has 2 N–H and O–H groups in total. The molecule has 2 aliphatic rings. The van der Waals surface area contributed by atoms with Gasteiger partial charge in [-0.3, -0.25) is 10.00 Å². The number of aryl methyl sites for hydroxylation is 1. The summed E-state index contributed by atoms with van der Waals surface area (Å²) < 4.78 is 6.55. The van der Waals surface area contributed by atoms with Crippen molar-refractivity contribution < 1.29 is 9.84 Å². The lowest BCUT2D eigenvalue weighted by Crippen LogP contribution is -2.55. The van der Waals surface area contributed by atoms with Gasteiger partial charge in [0, 0.05) is 32.4 Å². The Kier molecular flexibility index (Phi) is 5.00. The molecule has 2 aliphatic heterocycles. The Morgan fingerprint density at radius 3 is 2.62 bits per heavy atom. The first-order valence-corrected chi connectivity index (χ1v) is 9.28. The number of hydrogen-bond acceptors (Lipinski definition) is 5. The Hall–Kier alpha value is -0.980. The van der Waals surface area contributed by atoms with Gasteiger partial charge in [-0.25, -0.2) is 4.98 Å². The van der Waals surface area contributed by atoms with Gasteiger partial charge in [0.1, 0.15) is 11.6 Å². The van der Waals surface area contributed by atoms with Gasteiger partial charge in [0.2, 0.25) is 0 Å². The lowest BCUT2D eigenvalue weighted by atomic mass is 9.76. The van der Waals surface area contributed by atoms with E-state index in [9.17, 15) is 5.11 Å². The molecule has 0 bridgehead atoms. The number of likely N-dealkylation sites (tertiary alicyclic amines) is 1. The number of aromatic amines is 1. The van der Waals surface area contributed by atoms with E-state index in [1.807, 2.05) is 0 Å². The van der Waals surface area contributed by atoms with E-state index < -0.39 is 0 Å². The van der Waals surface area contributed by atoms with Crippen LogP contribution in [0.3, 0.4) is 0 Å². The van der Waals surface area contributed by atoms with Crippen molar-refractivity contribution in [3.63, 3.8) is 0 Å². The minimum atomic E-state index is -0.240. The first kappa shape index (κ1) is 17.8. The molecule has 1 aromatic heterocycles. The molecular formula is C18H32N4O2. The van der Waals surface area contributed by atoms with E-state index in [4.69, 9.17) is 4.74 Å². The quantitative estimate of drug-likeness (QED) is 0.886. The van der Waals surface area contributed by atoms with Crippen LogP contribution in [0.2, 0.25) is 0 Å². The zero-order valence-corrected chi connectivity index (χ0v) is 15.5. The number of nitrogens with zero attached hydrogens (tertiary/aromatic N) is 3. The number of nitrogens with one attached hydrogen (secondary N) is 1. The standard InChI is InChI=1S/C18H32N4O2/c1-5-15-19-16(21-20-15)12-22-8-6-18(7-9-22)11-13(23)10-14(24-18)17(2,3)4/h13-14,23H,5-12H2,1-4H3,(H,19,20,21)/t13-,14-/m1/s1. The number of aliphatic hydroxyl groups is 1. The summed E-state index contributed by atoms with van der Waals surface area (Å²) in [7, 11) is 0. The van der Waals surface area contributed by atoms with Gasteiger partial charge < -0.3 is 9.84 Å². The maximum Gasteiger partial charge on any atom is 0.150 e. The molecule has 2 saturated heterocycles. The van der Waals surface area contributed by atoms with Crippen molar-refractivity contribution in [2.24, 2.45) is 5.41 Å². The second-order valence-electron chi connectivity index (χ2n) is 8.58. The largest absolute Gasteiger partial charge is 0.393 e. The molecule has 0 aliphatic carbocycles. The van der Waals surface area contributed by atoms with Gasteiger partial charge in [0.05, 0.1) is 24.4 Å². The number of aromatic nitrogens is 3. The Bertz CT molecular complexity index is 543. The minimum absolute atomic E-state index is 0.0714. The summed E-state index contributed by atoms with van der Waals surface area (Å²) in [6.07, 6.45) is 4.24. The number of hydrogen-bond donors (Lipinski definition) is 2. The predicted molar refractivity (Wildman–Crippen MR) is 92.6 cm³/mol. The third-order valence-corrected chi connectivity index (χ3v) is 5.49. The molecule has 24 heavy (non-hydrogen) atoms. The Morgan fingerprint density at radius 2 is 2.04 bits per heavy atom. The van der Waals surface area contributed by atoms with Crippen LogP contribution in [0, 0.1) is 5.41 Å². The highest BCUT2D eigenvalue weighted by atomic mass is 16.5. The summed E-state index contributed by atoms with van der Waals surface area (Å²) >= 11 is 0. The van der Waals surface area contributed by atoms with Gasteiger partial charge in [0.25, 0.3) is 0 Å².